The van der Waals surface area contributed by atoms with Crippen molar-refractivity contribution in [3.8, 4) is 5.75 Å². The van der Waals surface area contributed by atoms with Crippen molar-refractivity contribution < 1.29 is 9.47 Å². The highest BCUT2D eigenvalue weighted by Gasteiger charge is 2.62. The van der Waals surface area contributed by atoms with Crippen LogP contribution in [-0.2, 0) is 4.74 Å². The maximum atomic E-state index is 6.58. The van der Waals surface area contributed by atoms with Crippen molar-refractivity contribution in [3.05, 3.63) is 29.8 Å². The first-order valence-corrected chi connectivity index (χ1v) is 12.9. The Kier molecular flexibility index (Phi) is 6.26. The van der Waals surface area contributed by atoms with E-state index in [1.165, 1.54) is 37.7 Å². The Morgan fingerprint density at radius 2 is 1.67 bits per heavy atom. The molecule has 2 N–H and O–H groups in total. The molecule has 0 radical (unpaired) electrons. The van der Waals surface area contributed by atoms with Gasteiger partial charge in [-0.15, -0.1) is 0 Å². The minimum Gasteiger partial charge on any atom is -0.464 e. The van der Waals surface area contributed by atoms with Gasteiger partial charge in [-0.1, -0.05) is 48.6 Å². The molecule has 4 atom stereocenters. The summed E-state index contributed by atoms with van der Waals surface area (Å²) in [5.74, 6) is 3.95. The van der Waals surface area contributed by atoms with Gasteiger partial charge in [0.1, 0.15) is 5.75 Å². The molecule has 3 nitrogen and oxygen atoms in total. The van der Waals surface area contributed by atoms with Gasteiger partial charge < -0.3 is 15.2 Å². The molecule has 1 aromatic carbocycles. The normalized spacial score (nSPS) is 32.4. The van der Waals surface area contributed by atoms with Crippen molar-refractivity contribution >= 4 is 22.6 Å². The van der Waals surface area contributed by atoms with Crippen LogP contribution in [0, 0.1) is 23.2 Å². The molecule has 0 aliphatic heterocycles. The average Bonchev–Trinajstić information content (AvgIpc) is 3.03. The third kappa shape index (κ3) is 4.56. The quantitative estimate of drug-likeness (QED) is 0.222. The fraction of sp³-hybridized carbons (Fsp3) is 0.769. The standard InChI is InChI=1S/C26H40INO2/c1-6-29-23(26-14-17-11-18(15-26)13-20(26)12-17)30-21-9-7-19(8-10-21)22(25(4,5)27)16-24(2,3)28/h7-10,17-18,20,22-23H,6,11-16,28H2,1-5H3. The van der Waals surface area contributed by atoms with Gasteiger partial charge in [0.2, 0.25) is 6.29 Å². The predicted octanol–water partition coefficient (Wildman–Crippen LogP) is 6.68. The molecule has 4 saturated carbocycles. The Balaban J connectivity index is 1.52. The molecule has 0 amide bonds. The summed E-state index contributed by atoms with van der Waals surface area (Å²) in [6.07, 6.45) is 7.68. The first kappa shape index (κ1) is 22.8. The lowest BCUT2D eigenvalue weighted by atomic mass is 9.75. The summed E-state index contributed by atoms with van der Waals surface area (Å²) in [4.78, 5) is 0. The second kappa shape index (κ2) is 8.22. The van der Waals surface area contributed by atoms with Gasteiger partial charge in [-0.25, -0.2) is 0 Å². The van der Waals surface area contributed by atoms with E-state index in [1.807, 2.05) is 0 Å². The van der Waals surface area contributed by atoms with E-state index in [-0.39, 0.29) is 20.7 Å². The fourth-order valence-electron chi connectivity index (χ4n) is 6.90. The number of alkyl halides is 1. The number of hydrogen-bond donors (Lipinski definition) is 1. The highest BCUT2D eigenvalue weighted by molar-refractivity contribution is 14.1. The molecule has 4 aliphatic carbocycles. The summed E-state index contributed by atoms with van der Waals surface area (Å²) in [5.41, 5.74) is 7.78. The van der Waals surface area contributed by atoms with E-state index in [1.54, 1.807) is 0 Å². The summed E-state index contributed by atoms with van der Waals surface area (Å²) in [7, 11) is 0. The van der Waals surface area contributed by atoms with Crippen molar-refractivity contribution in [3.63, 3.8) is 0 Å². The van der Waals surface area contributed by atoms with Crippen LogP contribution in [0.25, 0.3) is 0 Å². The molecule has 0 spiro atoms. The number of hydrogen-bond acceptors (Lipinski definition) is 3. The number of rotatable bonds is 9. The lowest BCUT2D eigenvalue weighted by molar-refractivity contribution is -0.166. The molecule has 5 rings (SSSR count). The van der Waals surface area contributed by atoms with Gasteiger partial charge in [0.25, 0.3) is 0 Å². The molecule has 168 valence electrons. The Hall–Kier alpha value is -0.330. The van der Waals surface area contributed by atoms with E-state index < -0.39 is 0 Å². The van der Waals surface area contributed by atoms with Gasteiger partial charge in [-0.05, 0) is 101 Å². The molecule has 30 heavy (non-hydrogen) atoms. The van der Waals surface area contributed by atoms with Crippen LogP contribution in [0.5, 0.6) is 5.75 Å². The van der Waals surface area contributed by atoms with Crippen LogP contribution in [0.1, 0.15) is 84.6 Å². The molecule has 4 fully saturated rings. The SMILES string of the molecule is CCOC(Oc1ccc(C(CC(C)(C)N)C(C)(C)I)cc1)C12CC3CC(CC1C3)C2. The molecular weight excluding hydrogens is 485 g/mol. The smallest absolute Gasteiger partial charge is 0.205 e. The van der Waals surface area contributed by atoms with Gasteiger partial charge in [-0.3, -0.25) is 0 Å². The highest BCUT2D eigenvalue weighted by atomic mass is 127. The minimum atomic E-state index is -0.192. The first-order valence-electron chi connectivity index (χ1n) is 11.9. The molecule has 4 aliphatic rings. The number of ether oxygens (including phenoxy) is 2. The van der Waals surface area contributed by atoms with Gasteiger partial charge in [-0.2, -0.15) is 0 Å². The van der Waals surface area contributed by atoms with Crippen LogP contribution >= 0.6 is 22.6 Å². The van der Waals surface area contributed by atoms with E-state index in [0.29, 0.717) is 12.5 Å². The topological polar surface area (TPSA) is 44.5 Å². The van der Waals surface area contributed by atoms with Crippen LogP contribution in [0.15, 0.2) is 24.3 Å². The third-order valence-electron chi connectivity index (χ3n) is 7.92. The Morgan fingerprint density at radius 1 is 1.07 bits per heavy atom. The molecule has 0 saturated heterocycles. The van der Waals surface area contributed by atoms with Gasteiger partial charge in [0.15, 0.2) is 0 Å². The van der Waals surface area contributed by atoms with Crippen LogP contribution < -0.4 is 10.5 Å². The number of halogens is 1. The first-order chi connectivity index (χ1) is 14.0. The zero-order valence-corrected chi connectivity index (χ0v) is 21.6. The molecular formula is C26H40INO2. The highest BCUT2D eigenvalue weighted by Crippen LogP contribution is 2.67. The molecule has 0 aromatic heterocycles. The molecule has 4 unspecified atom stereocenters. The largest absolute Gasteiger partial charge is 0.464 e. The fourth-order valence-corrected chi connectivity index (χ4v) is 7.48. The van der Waals surface area contributed by atoms with Crippen LogP contribution in [0.3, 0.4) is 0 Å². The maximum absolute atomic E-state index is 6.58. The van der Waals surface area contributed by atoms with Crippen LogP contribution in [0.2, 0.25) is 0 Å². The van der Waals surface area contributed by atoms with E-state index in [4.69, 9.17) is 15.2 Å². The Labute approximate surface area is 197 Å². The number of nitrogens with two attached hydrogens (primary N) is 1. The van der Waals surface area contributed by atoms with Crippen molar-refractivity contribution in [1.29, 1.82) is 0 Å². The van der Waals surface area contributed by atoms with E-state index >= 15 is 0 Å². The van der Waals surface area contributed by atoms with Gasteiger partial charge in [0, 0.05) is 21.0 Å². The average molecular weight is 526 g/mol. The van der Waals surface area contributed by atoms with E-state index in [0.717, 1.165) is 29.9 Å². The molecule has 0 heterocycles. The van der Waals surface area contributed by atoms with Crippen molar-refractivity contribution in [2.24, 2.45) is 28.9 Å². The summed E-state index contributed by atoms with van der Waals surface area (Å²) in [6, 6.07) is 8.78. The molecule has 4 bridgehead atoms. The zero-order chi connectivity index (χ0) is 21.7. The van der Waals surface area contributed by atoms with Crippen molar-refractivity contribution in [1.82, 2.24) is 0 Å². The Bertz CT molecular complexity index is 719. The summed E-state index contributed by atoms with van der Waals surface area (Å²) < 4.78 is 13.0. The maximum Gasteiger partial charge on any atom is 0.205 e. The molecule has 1 aromatic rings. The number of benzene rings is 1. The zero-order valence-electron chi connectivity index (χ0n) is 19.4. The second-order valence-electron chi connectivity index (χ2n) is 11.6. The van der Waals surface area contributed by atoms with E-state index in [9.17, 15) is 0 Å². The predicted molar refractivity (Wildman–Crippen MR) is 132 cm³/mol. The monoisotopic (exact) mass is 525 g/mol. The second-order valence-corrected chi connectivity index (χ2v) is 14.3. The minimum absolute atomic E-state index is 0.103. The Morgan fingerprint density at radius 3 is 2.17 bits per heavy atom. The third-order valence-corrected chi connectivity index (χ3v) is 8.68. The summed E-state index contributed by atoms with van der Waals surface area (Å²) in [6.45, 7) is 11.6. The molecule has 4 heteroatoms. The lowest BCUT2D eigenvalue weighted by Crippen LogP contribution is -2.42. The van der Waals surface area contributed by atoms with Crippen LogP contribution in [0.4, 0.5) is 0 Å². The lowest BCUT2D eigenvalue weighted by Gasteiger charge is -2.39. The summed E-state index contributed by atoms with van der Waals surface area (Å²) >= 11 is 2.56. The van der Waals surface area contributed by atoms with Crippen molar-refractivity contribution in [2.45, 2.75) is 94.3 Å². The van der Waals surface area contributed by atoms with Gasteiger partial charge >= 0.3 is 0 Å². The van der Waals surface area contributed by atoms with Crippen molar-refractivity contribution in [2.75, 3.05) is 6.61 Å². The summed E-state index contributed by atoms with van der Waals surface area (Å²) in [5, 5.41) is 0. The van der Waals surface area contributed by atoms with Crippen LogP contribution in [-0.4, -0.2) is 21.9 Å². The van der Waals surface area contributed by atoms with Gasteiger partial charge in [0.05, 0.1) is 0 Å². The van der Waals surface area contributed by atoms with E-state index in [2.05, 4.69) is 81.5 Å².